The second-order valence-corrected chi connectivity index (χ2v) is 6.99. The number of alkyl halides is 5. The Kier molecular flexibility index (Phi) is 8.60. The van der Waals surface area contributed by atoms with Crippen LogP contribution >= 0.6 is 11.8 Å². The molecule has 2 rings (SSSR count). The smallest absolute Gasteiger partial charge is 0.397 e. The molecule has 0 heterocycles. The number of thioether (sulfide) groups is 1. The molecule has 0 amide bonds. The number of carbonyl (C=O) groups is 1. The number of nitroso groups, excluding NO2 is 1. The predicted molar refractivity (Wildman–Crippen MR) is 103 cm³/mol. The van der Waals surface area contributed by atoms with Crippen LogP contribution in [0.15, 0.2) is 41.6 Å². The van der Waals surface area contributed by atoms with Crippen LogP contribution in [-0.2, 0) is 21.7 Å². The molecule has 12 heteroatoms. The summed E-state index contributed by atoms with van der Waals surface area (Å²) in [5, 5.41) is 2.74. The SMILES string of the molecule is COC(=O)Cc1ccc(OC(F)F)c(Oc2ccc(N=O)cc2CSCC(F)(F)F)c1. The maximum atomic E-state index is 12.8. The van der Waals surface area contributed by atoms with Gasteiger partial charge in [0.25, 0.3) is 0 Å². The van der Waals surface area contributed by atoms with Crippen molar-refractivity contribution in [2.75, 3.05) is 12.9 Å². The van der Waals surface area contributed by atoms with Crippen molar-refractivity contribution in [1.82, 2.24) is 0 Å². The van der Waals surface area contributed by atoms with E-state index in [1.807, 2.05) is 0 Å². The van der Waals surface area contributed by atoms with Crippen molar-refractivity contribution in [2.24, 2.45) is 5.18 Å². The monoisotopic (exact) mass is 465 g/mol. The Morgan fingerprint density at radius 2 is 1.81 bits per heavy atom. The minimum Gasteiger partial charge on any atom is -0.469 e. The van der Waals surface area contributed by atoms with Crippen LogP contribution in [0.3, 0.4) is 0 Å². The first-order chi connectivity index (χ1) is 14.6. The number of ether oxygens (including phenoxy) is 3. The largest absolute Gasteiger partial charge is 0.469 e. The van der Waals surface area contributed by atoms with Gasteiger partial charge in [0.2, 0.25) is 0 Å². The Labute approximate surface area is 177 Å². The molecule has 0 spiro atoms. The number of methoxy groups -OCH3 is 1. The minimum absolute atomic E-state index is 0.0106. The molecule has 2 aromatic rings. The molecular weight excluding hydrogens is 449 g/mol. The number of hydrogen-bond acceptors (Lipinski definition) is 7. The summed E-state index contributed by atoms with van der Waals surface area (Å²) in [5.74, 6) is -2.45. The van der Waals surface area contributed by atoms with Crippen molar-refractivity contribution >= 4 is 23.4 Å². The third-order valence-corrected chi connectivity index (χ3v) is 4.74. The first kappa shape index (κ1) is 24.4. The lowest BCUT2D eigenvalue weighted by molar-refractivity contribution is -0.139. The summed E-state index contributed by atoms with van der Waals surface area (Å²) in [6.45, 7) is -3.17. The van der Waals surface area contributed by atoms with Crippen LogP contribution in [0.1, 0.15) is 11.1 Å². The van der Waals surface area contributed by atoms with E-state index < -0.39 is 24.5 Å². The van der Waals surface area contributed by atoms with Gasteiger partial charge in [0.15, 0.2) is 11.5 Å². The standard InChI is InChI=1S/C19H16F5NO5S/c1-28-17(26)7-11-2-4-15(30-18(20)21)16(6-11)29-14-5-3-13(25-27)8-12(14)9-31-10-19(22,23)24/h2-6,8,18H,7,9-10H2,1H3. The molecule has 0 saturated heterocycles. The molecule has 2 aromatic carbocycles. The van der Waals surface area contributed by atoms with Gasteiger partial charge in [-0.2, -0.15) is 22.0 Å². The van der Waals surface area contributed by atoms with E-state index in [1.54, 1.807) is 0 Å². The highest BCUT2D eigenvalue weighted by Gasteiger charge is 2.27. The molecule has 0 bridgehead atoms. The number of rotatable bonds is 10. The van der Waals surface area contributed by atoms with Crippen LogP contribution in [0.4, 0.5) is 27.6 Å². The molecule has 0 radical (unpaired) electrons. The molecule has 0 atom stereocenters. The van der Waals surface area contributed by atoms with Gasteiger partial charge in [-0.05, 0) is 41.1 Å². The van der Waals surface area contributed by atoms with Gasteiger partial charge in [-0.1, -0.05) is 6.07 Å². The zero-order valence-corrected chi connectivity index (χ0v) is 16.8. The second-order valence-electron chi connectivity index (χ2n) is 6.01. The second kappa shape index (κ2) is 10.9. The number of nitrogens with zero attached hydrogens (tertiary/aromatic N) is 1. The number of benzene rings is 2. The lowest BCUT2D eigenvalue weighted by Crippen LogP contribution is -2.11. The Bertz CT molecular complexity index is 923. The molecule has 0 aliphatic rings. The fourth-order valence-electron chi connectivity index (χ4n) is 2.40. The Balaban J connectivity index is 2.36. The van der Waals surface area contributed by atoms with Gasteiger partial charge >= 0.3 is 18.8 Å². The average Bonchev–Trinajstić information content (AvgIpc) is 2.69. The topological polar surface area (TPSA) is 74.2 Å². The highest BCUT2D eigenvalue weighted by atomic mass is 32.2. The van der Waals surface area contributed by atoms with Gasteiger partial charge in [0, 0.05) is 11.3 Å². The maximum Gasteiger partial charge on any atom is 0.397 e. The van der Waals surface area contributed by atoms with E-state index >= 15 is 0 Å². The third kappa shape index (κ3) is 8.04. The van der Waals surface area contributed by atoms with Crippen LogP contribution in [0.2, 0.25) is 0 Å². The van der Waals surface area contributed by atoms with Gasteiger partial charge in [-0.25, -0.2) is 0 Å². The summed E-state index contributed by atoms with van der Waals surface area (Å²) in [5.41, 5.74) is 0.508. The quantitative estimate of drug-likeness (QED) is 0.244. The van der Waals surface area contributed by atoms with Gasteiger partial charge in [-0.3, -0.25) is 4.79 Å². The Hall–Kier alpha value is -2.89. The average molecular weight is 465 g/mol. The van der Waals surface area contributed by atoms with Gasteiger partial charge in [0.05, 0.1) is 19.3 Å². The van der Waals surface area contributed by atoms with Crippen molar-refractivity contribution < 1.29 is 41.0 Å². The van der Waals surface area contributed by atoms with Crippen molar-refractivity contribution in [2.45, 2.75) is 25.0 Å². The first-order valence-electron chi connectivity index (χ1n) is 8.54. The summed E-state index contributed by atoms with van der Waals surface area (Å²) in [6.07, 6.45) is -4.57. The van der Waals surface area contributed by atoms with E-state index in [2.05, 4.69) is 14.7 Å². The summed E-state index contributed by atoms with van der Waals surface area (Å²) in [6, 6.07) is 7.57. The van der Waals surface area contributed by atoms with Gasteiger partial charge in [0.1, 0.15) is 11.4 Å². The molecule has 0 aliphatic carbocycles. The summed E-state index contributed by atoms with van der Waals surface area (Å²) in [7, 11) is 1.18. The minimum atomic E-state index is -4.40. The maximum absolute atomic E-state index is 12.8. The van der Waals surface area contributed by atoms with Crippen LogP contribution in [0, 0.1) is 4.91 Å². The molecule has 0 saturated carbocycles. The van der Waals surface area contributed by atoms with Crippen LogP contribution in [0.5, 0.6) is 17.2 Å². The van der Waals surface area contributed by atoms with Crippen LogP contribution < -0.4 is 9.47 Å². The number of esters is 1. The van der Waals surface area contributed by atoms with Crippen LogP contribution in [-0.4, -0.2) is 31.6 Å². The lowest BCUT2D eigenvalue weighted by atomic mass is 10.1. The van der Waals surface area contributed by atoms with Crippen molar-refractivity contribution in [3.63, 3.8) is 0 Å². The molecule has 31 heavy (non-hydrogen) atoms. The zero-order chi connectivity index (χ0) is 23.0. The Morgan fingerprint density at radius 1 is 1.10 bits per heavy atom. The molecule has 0 N–H and O–H groups in total. The normalized spacial score (nSPS) is 11.3. The summed E-state index contributed by atoms with van der Waals surface area (Å²) in [4.78, 5) is 22.3. The predicted octanol–water partition coefficient (Wildman–Crippen LogP) is 5.99. The van der Waals surface area contributed by atoms with Gasteiger partial charge in [-0.15, -0.1) is 16.7 Å². The van der Waals surface area contributed by atoms with Crippen molar-refractivity contribution in [3.8, 4) is 17.2 Å². The summed E-state index contributed by atoms with van der Waals surface area (Å²) >= 11 is 0.525. The number of carbonyl (C=O) groups excluding carboxylic acids is 1. The van der Waals surface area contributed by atoms with Crippen molar-refractivity contribution in [1.29, 1.82) is 0 Å². The number of halogens is 5. The highest BCUT2D eigenvalue weighted by molar-refractivity contribution is 7.98. The fraction of sp³-hybridized carbons (Fsp3) is 0.316. The van der Waals surface area contributed by atoms with Crippen LogP contribution in [0.25, 0.3) is 0 Å². The van der Waals surface area contributed by atoms with E-state index in [1.165, 1.54) is 43.5 Å². The lowest BCUT2D eigenvalue weighted by Gasteiger charge is -2.16. The molecule has 6 nitrogen and oxygen atoms in total. The van der Waals surface area contributed by atoms with E-state index in [9.17, 15) is 31.7 Å². The molecule has 0 aromatic heterocycles. The van der Waals surface area contributed by atoms with E-state index in [4.69, 9.17) is 4.74 Å². The Morgan fingerprint density at radius 3 is 2.42 bits per heavy atom. The fourth-order valence-corrected chi connectivity index (χ4v) is 3.18. The molecule has 0 aliphatic heterocycles. The van der Waals surface area contributed by atoms with Crippen molar-refractivity contribution in [3.05, 3.63) is 52.4 Å². The molecule has 168 valence electrons. The highest BCUT2D eigenvalue weighted by Crippen LogP contribution is 2.38. The molecule has 0 unspecified atom stereocenters. The van der Waals surface area contributed by atoms with E-state index in [0.717, 1.165) is 0 Å². The summed E-state index contributed by atoms with van der Waals surface area (Å²) < 4.78 is 77.5. The van der Waals surface area contributed by atoms with E-state index in [-0.39, 0.29) is 40.7 Å². The van der Waals surface area contributed by atoms with Gasteiger partial charge < -0.3 is 14.2 Å². The first-order valence-corrected chi connectivity index (χ1v) is 9.70. The molecular formula is C19H16F5NO5S. The van der Waals surface area contributed by atoms with E-state index in [0.29, 0.717) is 17.3 Å². The zero-order valence-electron chi connectivity index (χ0n) is 15.9. The number of hydrogen-bond donors (Lipinski definition) is 0. The molecule has 0 fully saturated rings. The third-order valence-electron chi connectivity index (χ3n) is 3.69.